The highest BCUT2D eigenvalue weighted by Gasteiger charge is 2.38. The van der Waals surface area contributed by atoms with Gasteiger partial charge in [-0.05, 0) is 25.7 Å². The number of halogens is 2. The molecule has 0 spiro atoms. The third-order valence-electron chi connectivity index (χ3n) is 12.3. The molecule has 0 atom stereocenters. The Morgan fingerprint density at radius 2 is 0.522 bits per heavy atom. The number of hydrogen-bond acceptors (Lipinski definition) is 2. The highest BCUT2D eigenvalue weighted by Crippen LogP contribution is 2.22. The van der Waals surface area contributed by atoms with Crippen LogP contribution in [0.4, 0.5) is 0 Å². The number of quaternary nitrogens is 2. The van der Waals surface area contributed by atoms with Crippen LogP contribution in [0, 0.1) is 0 Å². The molecule has 6 rings (SSSR count). The largest absolute Gasteiger partial charge is 1.00 e. The monoisotopic (exact) mass is 777 g/mol. The van der Waals surface area contributed by atoms with E-state index in [2.05, 4.69) is 23.6 Å². The van der Waals surface area contributed by atoms with Crippen LogP contribution in [0.2, 0.25) is 0 Å². The number of unbranched alkanes of at least 4 members (excludes halogenated alkanes) is 22. The second-order valence-corrected chi connectivity index (χ2v) is 15.9. The molecule has 0 aromatic heterocycles. The van der Waals surface area contributed by atoms with Crippen molar-refractivity contribution in [1.29, 1.82) is 0 Å². The van der Waals surface area contributed by atoms with Gasteiger partial charge in [0.2, 0.25) is 0 Å². The normalized spacial score (nSPS) is 26.2. The fourth-order valence-corrected chi connectivity index (χ4v) is 8.71. The fourth-order valence-electron chi connectivity index (χ4n) is 8.71. The fraction of sp³-hybridized carbons (Fsp3) is 1.00. The summed E-state index contributed by atoms with van der Waals surface area (Å²) in [6.07, 6.45) is 35.3. The zero-order valence-electron chi connectivity index (χ0n) is 31.4. The van der Waals surface area contributed by atoms with E-state index in [1.165, 1.54) is 255 Å². The summed E-state index contributed by atoms with van der Waals surface area (Å²) >= 11 is 0. The summed E-state index contributed by atoms with van der Waals surface area (Å²) in [6, 6.07) is 0. The van der Waals surface area contributed by atoms with Crippen LogP contribution in [0.3, 0.4) is 0 Å². The lowest BCUT2D eigenvalue weighted by Crippen LogP contribution is -3.00. The molecule has 0 radical (unpaired) electrons. The van der Waals surface area contributed by atoms with Gasteiger partial charge in [0, 0.05) is 39.3 Å². The quantitative estimate of drug-likeness (QED) is 0.0675. The maximum absolute atomic E-state index is 2.66. The summed E-state index contributed by atoms with van der Waals surface area (Å²) in [7, 11) is 0. The molecule has 6 heterocycles. The number of rotatable bonds is 26. The highest BCUT2D eigenvalue weighted by molar-refractivity contribution is 8.93. The smallest absolute Gasteiger partial charge is 0.0916 e. The van der Waals surface area contributed by atoms with E-state index in [1.807, 2.05) is 0 Å². The first-order valence-corrected chi connectivity index (χ1v) is 20.8. The number of fused-ring (bicyclic) bond motifs is 6. The Kier molecular flexibility index (Phi) is 27.8. The third-order valence-corrected chi connectivity index (χ3v) is 12.3. The van der Waals surface area contributed by atoms with Crippen LogP contribution in [0.5, 0.6) is 0 Å². The first-order chi connectivity index (χ1) is 21.7. The lowest BCUT2D eigenvalue weighted by molar-refractivity contribution is -0.941. The molecule has 6 aliphatic heterocycles. The summed E-state index contributed by atoms with van der Waals surface area (Å²) in [6.45, 7) is 24.5. The van der Waals surface area contributed by atoms with E-state index in [-0.39, 0.29) is 34.0 Å². The third kappa shape index (κ3) is 19.3. The second-order valence-electron chi connectivity index (χ2n) is 15.9. The van der Waals surface area contributed by atoms with Crippen molar-refractivity contribution < 1.29 is 25.9 Å². The predicted octanol–water partition coefficient (Wildman–Crippen LogP) is 7.25. The molecule has 0 N–H and O–H groups in total. The van der Waals surface area contributed by atoms with Gasteiger partial charge in [-0.3, -0.25) is 9.80 Å². The Hall–Kier alpha value is 0.800. The van der Waals surface area contributed by atoms with Crippen molar-refractivity contribution in [2.75, 3.05) is 91.6 Å². The molecular formula is C40H83Br2N4+. The molecule has 276 valence electrons. The van der Waals surface area contributed by atoms with Gasteiger partial charge in [0.15, 0.2) is 0 Å². The molecule has 0 aliphatic carbocycles. The Morgan fingerprint density at radius 3 is 0.739 bits per heavy atom. The zero-order chi connectivity index (χ0) is 31.0. The van der Waals surface area contributed by atoms with Gasteiger partial charge in [-0.15, -0.1) is 17.0 Å². The predicted molar refractivity (Wildman–Crippen MR) is 205 cm³/mol. The minimum absolute atomic E-state index is 0. The molecule has 6 saturated heterocycles. The molecule has 0 aromatic rings. The molecule has 4 nitrogen and oxygen atoms in total. The van der Waals surface area contributed by atoms with Crippen LogP contribution in [-0.4, -0.2) is 110 Å². The van der Waals surface area contributed by atoms with E-state index in [0.29, 0.717) is 0 Å². The second kappa shape index (κ2) is 28.5. The standard InChI is InChI=1S/C22H45N2.C18H37N2.2BrH/c1-2-3-4-5-6-7-8-9-10-11-12-13-14-15-19-24-20-16-23(17-21-24)18-22-24;1-2-3-4-5-6-7-8-9-10-11-15-20-16-12-19(13-17-20)14-18-20;;/h2-22H2,1H3;2-18H2,1H3;2*1H/q2*+1;;/p-1. The van der Waals surface area contributed by atoms with Crippen LogP contribution < -0.4 is 17.0 Å². The van der Waals surface area contributed by atoms with Crippen molar-refractivity contribution in [3.05, 3.63) is 0 Å². The molecule has 4 bridgehead atoms. The van der Waals surface area contributed by atoms with Crippen molar-refractivity contribution >= 4 is 17.0 Å². The average Bonchev–Trinajstić information content (AvgIpc) is 3.08. The van der Waals surface area contributed by atoms with E-state index in [9.17, 15) is 0 Å². The Morgan fingerprint density at radius 1 is 0.326 bits per heavy atom. The molecule has 46 heavy (non-hydrogen) atoms. The van der Waals surface area contributed by atoms with E-state index in [1.54, 1.807) is 0 Å². The van der Waals surface area contributed by atoms with Gasteiger partial charge >= 0.3 is 0 Å². The van der Waals surface area contributed by atoms with Gasteiger partial charge < -0.3 is 25.9 Å². The maximum atomic E-state index is 2.66. The summed E-state index contributed by atoms with van der Waals surface area (Å²) in [5.41, 5.74) is 0. The van der Waals surface area contributed by atoms with E-state index in [0.717, 1.165) is 0 Å². The molecule has 0 aromatic carbocycles. The van der Waals surface area contributed by atoms with Gasteiger partial charge in [-0.25, -0.2) is 0 Å². The molecule has 6 aliphatic rings. The summed E-state index contributed by atoms with van der Waals surface area (Å²) in [5.74, 6) is 0. The summed E-state index contributed by atoms with van der Waals surface area (Å²) in [4.78, 5) is 5.31. The molecule has 0 amide bonds. The number of nitrogens with zero attached hydrogens (tertiary/aromatic N) is 4. The first kappa shape index (κ1) is 44.8. The lowest BCUT2D eigenvalue weighted by atomic mass is 10.0. The van der Waals surface area contributed by atoms with Crippen molar-refractivity contribution in [2.24, 2.45) is 0 Å². The molecule has 6 heteroatoms. The lowest BCUT2D eigenvalue weighted by Gasteiger charge is -2.50. The van der Waals surface area contributed by atoms with Gasteiger partial charge in [0.25, 0.3) is 0 Å². The Balaban J connectivity index is 0.000000447. The van der Waals surface area contributed by atoms with E-state index >= 15 is 0 Å². The van der Waals surface area contributed by atoms with Crippen LogP contribution in [0.15, 0.2) is 0 Å². The SMILES string of the molecule is Br.CCCCCCCCCCCCCCCC[N+]12CCN(CC1)CC2.CCCCCCCCCCCC[N+]12CCN(CC1)CC2.[Br-]. The van der Waals surface area contributed by atoms with Crippen molar-refractivity contribution in [3.8, 4) is 0 Å². The first-order valence-electron chi connectivity index (χ1n) is 20.8. The zero-order valence-corrected chi connectivity index (χ0v) is 34.7. The Labute approximate surface area is 310 Å². The van der Waals surface area contributed by atoms with Crippen molar-refractivity contribution in [2.45, 2.75) is 168 Å². The minimum atomic E-state index is 0. The van der Waals surface area contributed by atoms with E-state index in [4.69, 9.17) is 0 Å². The maximum Gasteiger partial charge on any atom is 0.0916 e. The summed E-state index contributed by atoms with van der Waals surface area (Å²) < 4.78 is 2.93. The summed E-state index contributed by atoms with van der Waals surface area (Å²) in [5, 5.41) is 0. The highest BCUT2D eigenvalue weighted by atomic mass is 79.9. The molecule has 6 fully saturated rings. The van der Waals surface area contributed by atoms with Crippen LogP contribution >= 0.6 is 17.0 Å². The number of piperazine rings is 6. The van der Waals surface area contributed by atoms with Gasteiger partial charge in [-0.2, -0.15) is 0 Å². The van der Waals surface area contributed by atoms with Gasteiger partial charge in [0.1, 0.15) is 0 Å². The van der Waals surface area contributed by atoms with E-state index < -0.39 is 0 Å². The molecule has 0 unspecified atom stereocenters. The topological polar surface area (TPSA) is 6.48 Å². The van der Waals surface area contributed by atoms with Crippen LogP contribution in [-0.2, 0) is 0 Å². The van der Waals surface area contributed by atoms with Crippen LogP contribution in [0.25, 0.3) is 0 Å². The van der Waals surface area contributed by atoms with Gasteiger partial charge in [-0.1, -0.05) is 142 Å². The van der Waals surface area contributed by atoms with Crippen molar-refractivity contribution in [1.82, 2.24) is 9.80 Å². The number of hydrogen-bond donors (Lipinski definition) is 0. The van der Waals surface area contributed by atoms with Gasteiger partial charge in [0.05, 0.1) is 52.4 Å². The van der Waals surface area contributed by atoms with Crippen molar-refractivity contribution in [3.63, 3.8) is 0 Å². The molecule has 0 saturated carbocycles. The minimum Gasteiger partial charge on any atom is -1.00 e. The Bertz CT molecular complexity index is 634. The van der Waals surface area contributed by atoms with Crippen LogP contribution in [0.1, 0.15) is 168 Å². The molecular weight excluding hydrogens is 696 g/mol. The average molecular weight is 780 g/mol.